The molecule has 1 amide bonds. The molecule has 0 spiro atoms. The van der Waals surface area contributed by atoms with Crippen LogP contribution in [0.1, 0.15) is 32.7 Å². The van der Waals surface area contributed by atoms with Gasteiger partial charge in [-0.05, 0) is 26.7 Å². The van der Waals surface area contributed by atoms with Crippen molar-refractivity contribution in [2.24, 2.45) is 0 Å². The van der Waals surface area contributed by atoms with Crippen molar-refractivity contribution in [3.63, 3.8) is 0 Å². The van der Waals surface area contributed by atoms with Crippen LogP contribution in [-0.2, 0) is 4.79 Å². The molecule has 7 heteroatoms. The molecule has 0 unspecified atom stereocenters. The molecule has 1 heterocycles. The number of hydrogen-bond acceptors (Lipinski definition) is 5. The summed E-state index contributed by atoms with van der Waals surface area (Å²) in [5.41, 5.74) is 0. The number of rotatable bonds is 8. The molecular formula is C11H20N4O2S. The fraction of sp³-hybridized carbons (Fsp3) is 0.727. The molecule has 0 aliphatic heterocycles. The van der Waals surface area contributed by atoms with Gasteiger partial charge in [0, 0.05) is 19.2 Å². The third-order valence-corrected chi connectivity index (χ3v) is 3.29. The Bertz CT molecular complexity index is 368. The highest BCUT2D eigenvalue weighted by atomic mass is 32.2. The number of aliphatic hydroxyl groups is 1. The van der Waals surface area contributed by atoms with Crippen LogP contribution in [-0.4, -0.2) is 44.7 Å². The molecule has 0 saturated heterocycles. The van der Waals surface area contributed by atoms with E-state index in [4.69, 9.17) is 5.11 Å². The van der Waals surface area contributed by atoms with Gasteiger partial charge in [0.2, 0.25) is 5.91 Å². The number of hydrogen-bond donors (Lipinski definition) is 2. The van der Waals surface area contributed by atoms with Crippen LogP contribution in [0.5, 0.6) is 0 Å². The summed E-state index contributed by atoms with van der Waals surface area (Å²) in [5, 5.41) is 20.0. The molecule has 0 saturated carbocycles. The Morgan fingerprint density at radius 1 is 1.56 bits per heavy atom. The van der Waals surface area contributed by atoms with Gasteiger partial charge < -0.3 is 15.0 Å². The molecule has 0 fully saturated rings. The first-order chi connectivity index (χ1) is 8.65. The topological polar surface area (TPSA) is 80.0 Å². The van der Waals surface area contributed by atoms with Gasteiger partial charge in [0.1, 0.15) is 6.33 Å². The quantitative estimate of drug-likeness (QED) is 0.541. The summed E-state index contributed by atoms with van der Waals surface area (Å²) in [6.45, 7) is 4.86. The number of amides is 1. The van der Waals surface area contributed by atoms with Crippen molar-refractivity contribution in [1.29, 1.82) is 0 Å². The van der Waals surface area contributed by atoms with Crippen molar-refractivity contribution in [3.05, 3.63) is 6.33 Å². The highest BCUT2D eigenvalue weighted by molar-refractivity contribution is 7.99. The van der Waals surface area contributed by atoms with E-state index in [9.17, 15) is 4.79 Å². The fourth-order valence-corrected chi connectivity index (χ4v) is 2.21. The molecular weight excluding hydrogens is 252 g/mol. The van der Waals surface area contributed by atoms with Crippen molar-refractivity contribution in [2.45, 2.75) is 37.9 Å². The lowest BCUT2D eigenvalue weighted by atomic mass is 10.3. The van der Waals surface area contributed by atoms with Crippen molar-refractivity contribution < 1.29 is 9.90 Å². The number of unbranched alkanes of at least 4 members (excludes halogenated alkanes) is 1. The van der Waals surface area contributed by atoms with Gasteiger partial charge in [0.15, 0.2) is 5.16 Å². The minimum absolute atomic E-state index is 0.0174. The van der Waals surface area contributed by atoms with E-state index < -0.39 is 0 Å². The van der Waals surface area contributed by atoms with Crippen LogP contribution in [0.15, 0.2) is 11.5 Å². The maximum Gasteiger partial charge on any atom is 0.230 e. The number of nitrogens with one attached hydrogen (secondary N) is 1. The molecule has 1 aromatic heterocycles. The highest BCUT2D eigenvalue weighted by Gasteiger charge is 2.10. The zero-order chi connectivity index (χ0) is 13.4. The van der Waals surface area contributed by atoms with E-state index in [0.717, 1.165) is 18.0 Å². The highest BCUT2D eigenvalue weighted by Crippen LogP contribution is 2.18. The van der Waals surface area contributed by atoms with E-state index in [1.165, 1.54) is 11.8 Å². The molecule has 0 aliphatic rings. The Labute approximate surface area is 111 Å². The fourth-order valence-electron chi connectivity index (χ4n) is 1.34. The van der Waals surface area contributed by atoms with Crippen LogP contribution in [0.25, 0.3) is 0 Å². The zero-order valence-electron chi connectivity index (χ0n) is 10.8. The van der Waals surface area contributed by atoms with Gasteiger partial charge in [-0.1, -0.05) is 11.8 Å². The first-order valence-electron chi connectivity index (χ1n) is 6.05. The molecule has 1 aromatic rings. The maximum absolute atomic E-state index is 11.5. The molecule has 0 aliphatic carbocycles. The standard InChI is InChI=1S/C11H20N4O2S/c1-9(2)15-8-13-14-11(15)18-7-10(17)12-5-3-4-6-16/h8-9,16H,3-7H2,1-2H3,(H,12,17). The van der Waals surface area contributed by atoms with Gasteiger partial charge in [0.25, 0.3) is 0 Å². The predicted octanol–water partition coefficient (Wildman–Crippen LogP) is 0.840. The minimum atomic E-state index is -0.0174. The van der Waals surface area contributed by atoms with Crippen molar-refractivity contribution in [1.82, 2.24) is 20.1 Å². The first-order valence-corrected chi connectivity index (χ1v) is 7.03. The van der Waals surface area contributed by atoms with Gasteiger partial charge in [-0.15, -0.1) is 10.2 Å². The largest absolute Gasteiger partial charge is 0.396 e. The third kappa shape index (κ3) is 5.05. The van der Waals surface area contributed by atoms with Crippen molar-refractivity contribution in [2.75, 3.05) is 18.9 Å². The summed E-state index contributed by atoms with van der Waals surface area (Å²) < 4.78 is 1.93. The number of aromatic nitrogens is 3. The molecule has 0 atom stereocenters. The molecule has 18 heavy (non-hydrogen) atoms. The van der Waals surface area contributed by atoms with E-state index in [1.54, 1.807) is 6.33 Å². The van der Waals surface area contributed by atoms with Crippen LogP contribution in [0.3, 0.4) is 0 Å². The van der Waals surface area contributed by atoms with Gasteiger partial charge in [0.05, 0.1) is 5.75 Å². The van der Waals surface area contributed by atoms with Crippen molar-refractivity contribution in [3.8, 4) is 0 Å². The summed E-state index contributed by atoms with van der Waals surface area (Å²) in [4.78, 5) is 11.5. The van der Waals surface area contributed by atoms with Gasteiger partial charge in [-0.25, -0.2) is 0 Å². The SMILES string of the molecule is CC(C)n1cnnc1SCC(=O)NCCCCO. The number of aliphatic hydroxyl groups excluding tert-OH is 1. The van der Waals surface area contributed by atoms with E-state index in [1.807, 2.05) is 18.4 Å². The van der Waals surface area contributed by atoms with Crippen LogP contribution in [0, 0.1) is 0 Å². The first kappa shape index (κ1) is 15.0. The molecule has 0 radical (unpaired) electrons. The Hall–Kier alpha value is -1.08. The summed E-state index contributed by atoms with van der Waals surface area (Å²) in [5.74, 6) is 0.320. The molecule has 2 N–H and O–H groups in total. The number of nitrogens with zero attached hydrogens (tertiary/aromatic N) is 3. The second kappa shape index (κ2) is 8.10. The smallest absolute Gasteiger partial charge is 0.230 e. The summed E-state index contributed by atoms with van der Waals surface area (Å²) in [6.07, 6.45) is 3.19. The minimum Gasteiger partial charge on any atom is -0.396 e. The van der Waals surface area contributed by atoms with Crippen LogP contribution >= 0.6 is 11.8 Å². The molecule has 1 rings (SSSR count). The Morgan fingerprint density at radius 2 is 2.33 bits per heavy atom. The normalized spacial score (nSPS) is 10.9. The molecule has 0 aromatic carbocycles. The number of thioether (sulfide) groups is 1. The summed E-state index contributed by atoms with van der Waals surface area (Å²) in [7, 11) is 0. The van der Waals surface area contributed by atoms with E-state index in [0.29, 0.717) is 12.3 Å². The Kier molecular flexibility index (Phi) is 6.74. The number of carbonyl (C=O) groups is 1. The molecule has 6 nitrogen and oxygen atoms in total. The average molecular weight is 272 g/mol. The van der Waals surface area contributed by atoms with Crippen LogP contribution < -0.4 is 5.32 Å². The second-order valence-electron chi connectivity index (χ2n) is 4.18. The average Bonchev–Trinajstić information content (AvgIpc) is 2.80. The van der Waals surface area contributed by atoms with Gasteiger partial charge in [-0.2, -0.15) is 0 Å². The van der Waals surface area contributed by atoms with Crippen molar-refractivity contribution >= 4 is 17.7 Å². The van der Waals surface area contributed by atoms with Crippen LogP contribution in [0.2, 0.25) is 0 Å². The predicted molar refractivity (Wildman–Crippen MR) is 70.5 cm³/mol. The monoisotopic (exact) mass is 272 g/mol. The molecule has 0 bridgehead atoms. The van der Waals surface area contributed by atoms with E-state index in [2.05, 4.69) is 15.5 Å². The van der Waals surface area contributed by atoms with Gasteiger partial charge >= 0.3 is 0 Å². The summed E-state index contributed by atoms with van der Waals surface area (Å²) in [6, 6.07) is 0.287. The lowest BCUT2D eigenvalue weighted by Crippen LogP contribution is -2.26. The maximum atomic E-state index is 11.5. The van der Waals surface area contributed by atoms with Crippen LogP contribution in [0.4, 0.5) is 0 Å². The second-order valence-corrected chi connectivity index (χ2v) is 5.13. The number of carbonyl (C=O) groups excluding carboxylic acids is 1. The van der Waals surface area contributed by atoms with Gasteiger partial charge in [-0.3, -0.25) is 4.79 Å². The van der Waals surface area contributed by atoms with E-state index >= 15 is 0 Å². The lowest BCUT2D eigenvalue weighted by Gasteiger charge is -2.09. The lowest BCUT2D eigenvalue weighted by molar-refractivity contribution is -0.118. The zero-order valence-corrected chi connectivity index (χ0v) is 11.6. The third-order valence-electron chi connectivity index (χ3n) is 2.34. The van der Waals surface area contributed by atoms with E-state index in [-0.39, 0.29) is 18.6 Å². The molecule has 102 valence electrons. The Morgan fingerprint density at radius 3 is 3.00 bits per heavy atom. The summed E-state index contributed by atoms with van der Waals surface area (Å²) >= 11 is 1.38. The Balaban J connectivity index is 2.27.